The zero-order valence-corrected chi connectivity index (χ0v) is 11.1. The molecule has 1 fully saturated rings. The van der Waals surface area contributed by atoms with Crippen molar-refractivity contribution in [3.05, 3.63) is 11.7 Å². The summed E-state index contributed by atoms with van der Waals surface area (Å²) in [5, 5.41) is 4.10. The zero-order valence-electron chi connectivity index (χ0n) is 11.1. The molecule has 1 saturated carbocycles. The lowest BCUT2D eigenvalue weighted by molar-refractivity contribution is 0.248. The van der Waals surface area contributed by atoms with E-state index in [1.165, 1.54) is 19.3 Å². The third kappa shape index (κ3) is 2.68. The van der Waals surface area contributed by atoms with Gasteiger partial charge in [-0.25, -0.2) is 0 Å². The van der Waals surface area contributed by atoms with Crippen LogP contribution in [0.2, 0.25) is 0 Å². The summed E-state index contributed by atoms with van der Waals surface area (Å²) in [5.41, 5.74) is 5.79. The fourth-order valence-corrected chi connectivity index (χ4v) is 2.51. The Morgan fingerprint density at radius 1 is 1.29 bits per heavy atom. The molecular weight excluding hydrogens is 214 g/mol. The van der Waals surface area contributed by atoms with E-state index in [0.717, 1.165) is 24.7 Å². The van der Waals surface area contributed by atoms with Crippen molar-refractivity contribution < 1.29 is 4.52 Å². The monoisotopic (exact) mass is 237 g/mol. The van der Waals surface area contributed by atoms with Gasteiger partial charge in [0.25, 0.3) is 0 Å². The maximum Gasteiger partial charge on any atom is 0.230 e. The molecule has 0 aliphatic heterocycles. The summed E-state index contributed by atoms with van der Waals surface area (Å²) < 4.78 is 5.45. The smallest absolute Gasteiger partial charge is 0.230 e. The molecule has 4 heteroatoms. The van der Waals surface area contributed by atoms with Crippen molar-refractivity contribution in [2.24, 2.45) is 11.7 Å². The second-order valence-corrected chi connectivity index (χ2v) is 6.09. The molecule has 96 valence electrons. The maximum atomic E-state index is 5.83. The second kappa shape index (κ2) is 4.77. The van der Waals surface area contributed by atoms with E-state index in [9.17, 15) is 0 Å². The van der Waals surface area contributed by atoms with Crippen LogP contribution in [-0.2, 0) is 5.41 Å². The van der Waals surface area contributed by atoms with Gasteiger partial charge < -0.3 is 10.3 Å². The minimum absolute atomic E-state index is 0.0470. The van der Waals surface area contributed by atoms with E-state index in [1.54, 1.807) is 0 Å². The first-order valence-electron chi connectivity index (χ1n) is 6.56. The predicted octanol–water partition coefficient (Wildman–Crippen LogP) is 2.60. The SMILES string of the molecule is CC(C)(C)c1noc(C2CCCCC2CN)n1. The Labute approximate surface area is 103 Å². The molecule has 4 nitrogen and oxygen atoms in total. The molecule has 1 aliphatic rings. The van der Waals surface area contributed by atoms with Gasteiger partial charge in [-0.1, -0.05) is 38.8 Å². The van der Waals surface area contributed by atoms with Gasteiger partial charge in [0.2, 0.25) is 5.89 Å². The number of hydrogen-bond acceptors (Lipinski definition) is 4. The van der Waals surface area contributed by atoms with Crippen LogP contribution in [0.15, 0.2) is 4.52 Å². The van der Waals surface area contributed by atoms with Gasteiger partial charge in [-0.2, -0.15) is 4.98 Å². The topological polar surface area (TPSA) is 64.9 Å². The number of nitrogens with zero attached hydrogens (tertiary/aromatic N) is 2. The molecule has 0 aromatic carbocycles. The van der Waals surface area contributed by atoms with Gasteiger partial charge in [0, 0.05) is 11.3 Å². The first-order chi connectivity index (χ1) is 8.02. The number of aromatic nitrogens is 2. The molecule has 1 aromatic heterocycles. The van der Waals surface area contributed by atoms with Crippen molar-refractivity contribution in [3.63, 3.8) is 0 Å². The predicted molar refractivity (Wildman–Crippen MR) is 66.8 cm³/mol. The summed E-state index contributed by atoms with van der Waals surface area (Å²) >= 11 is 0. The average Bonchev–Trinajstić information content (AvgIpc) is 2.77. The highest BCUT2D eigenvalue weighted by atomic mass is 16.5. The van der Waals surface area contributed by atoms with Gasteiger partial charge >= 0.3 is 0 Å². The summed E-state index contributed by atoms with van der Waals surface area (Å²) in [6, 6.07) is 0. The van der Waals surface area contributed by atoms with Crippen LogP contribution in [0, 0.1) is 5.92 Å². The van der Waals surface area contributed by atoms with Crippen LogP contribution in [0.3, 0.4) is 0 Å². The number of rotatable bonds is 2. The Bertz CT molecular complexity index is 367. The number of nitrogens with two attached hydrogens (primary N) is 1. The highest BCUT2D eigenvalue weighted by molar-refractivity contribution is 5.04. The maximum absolute atomic E-state index is 5.83. The van der Waals surface area contributed by atoms with Gasteiger partial charge in [0.15, 0.2) is 5.82 Å². The van der Waals surface area contributed by atoms with Crippen LogP contribution in [0.5, 0.6) is 0 Å². The Kier molecular flexibility index (Phi) is 3.52. The second-order valence-electron chi connectivity index (χ2n) is 6.09. The van der Waals surface area contributed by atoms with Gasteiger partial charge in [-0.05, 0) is 25.3 Å². The molecule has 0 amide bonds. The zero-order chi connectivity index (χ0) is 12.5. The fourth-order valence-electron chi connectivity index (χ4n) is 2.51. The van der Waals surface area contributed by atoms with E-state index in [1.807, 2.05) is 0 Å². The standard InChI is InChI=1S/C13H23N3O/c1-13(2,3)12-15-11(17-16-12)10-7-5-4-6-9(10)8-14/h9-10H,4-8,14H2,1-3H3. The van der Waals surface area contributed by atoms with Crippen LogP contribution >= 0.6 is 0 Å². The molecule has 0 spiro atoms. The van der Waals surface area contributed by atoms with Crippen LogP contribution in [0.25, 0.3) is 0 Å². The summed E-state index contributed by atoms with van der Waals surface area (Å²) in [6.45, 7) is 7.02. The van der Waals surface area contributed by atoms with Crippen molar-refractivity contribution in [3.8, 4) is 0 Å². The Morgan fingerprint density at radius 3 is 2.59 bits per heavy atom. The normalized spacial score (nSPS) is 26.1. The molecule has 2 unspecified atom stereocenters. The third-order valence-electron chi connectivity index (χ3n) is 3.64. The molecule has 17 heavy (non-hydrogen) atoms. The quantitative estimate of drug-likeness (QED) is 0.858. The first kappa shape index (κ1) is 12.6. The van der Waals surface area contributed by atoms with Crippen molar-refractivity contribution >= 4 is 0 Å². The van der Waals surface area contributed by atoms with Crippen molar-refractivity contribution in [1.29, 1.82) is 0 Å². The summed E-state index contributed by atoms with van der Waals surface area (Å²) in [6.07, 6.45) is 4.84. The minimum Gasteiger partial charge on any atom is -0.339 e. The van der Waals surface area contributed by atoms with E-state index in [4.69, 9.17) is 10.3 Å². The molecule has 2 atom stereocenters. The molecular formula is C13H23N3O. The van der Waals surface area contributed by atoms with E-state index < -0.39 is 0 Å². The molecule has 0 saturated heterocycles. The molecule has 2 rings (SSSR count). The fraction of sp³-hybridized carbons (Fsp3) is 0.846. The molecule has 1 heterocycles. The average molecular weight is 237 g/mol. The summed E-state index contributed by atoms with van der Waals surface area (Å²) in [5.74, 6) is 2.48. The minimum atomic E-state index is -0.0470. The highest BCUT2D eigenvalue weighted by Gasteiger charge is 2.31. The Balaban J connectivity index is 2.18. The van der Waals surface area contributed by atoms with Gasteiger partial charge in [0.05, 0.1) is 0 Å². The lowest BCUT2D eigenvalue weighted by Crippen LogP contribution is -2.25. The van der Waals surface area contributed by atoms with Crippen LogP contribution < -0.4 is 5.73 Å². The summed E-state index contributed by atoms with van der Waals surface area (Å²) in [7, 11) is 0. The molecule has 0 bridgehead atoms. The molecule has 0 radical (unpaired) electrons. The third-order valence-corrected chi connectivity index (χ3v) is 3.64. The van der Waals surface area contributed by atoms with E-state index in [2.05, 4.69) is 30.9 Å². The van der Waals surface area contributed by atoms with E-state index >= 15 is 0 Å². The molecule has 1 aromatic rings. The lowest BCUT2D eigenvalue weighted by Gasteiger charge is -2.27. The number of hydrogen-bond donors (Lipinski definition) is 1. The Morgan fingerprint density at radius 2 is 2.00 bits per heavy atom. The Hall–Kier alpha value is -0.900. The van der Waals surface area contributed by atoms with Crippen molar-refractivity contribution in [2.75, 3.05) is 6.54 Å². The van der Waals surface area contributed by atoms with E-state index in [-0.39, 0.29) is 5.41 Å². The van der Waals surface area contributed by atoms with Gasteiger partial charge in [-0.15, -0.1) is 0 Å². The van der Waals surface area contributed by atoms with Crippen molar-refractivity contribution in [1.82, 2.24) is 10.1 Å². The molecule has 2 N–H and O–H groups in total. The highest BCUT2D eigenvalue weighted by Crippen LogP contribution is 2.37. The van der Waals surface area contributed by atoms with Crippen LogP contribution in [0.4, 0.5) is 0 Å². The van der Waals surface area contributed by atoms with E-state index in [0.29, 0.717) is 11.8 Å². The van der Waals surface area contributed by atoms with Gasteiger partial charge in [0.1, 0.15) is 0 Å². The first-order valence-corrected chi connectivity index (χ1v) is 6.56. The molecule has 1 aliphatic carbocycles. The summed E-state index contributed by atoms with van der Waals surface area (Å²) in [4.78, 5) is 4.57. The van der Waals surface area contributed by atoms with Crippen LogP contribution in [0.1, 0.15) is 64.1 Å². The largest absolute Gasteiger partial charge is 0.339 e. The van der Waals surface area contributed by atoms with Gasteiger partial charge in [-0.3, -0.25) is 0 Å². The van der Waals surface area contributed by atoms with Crippen molar-refractivity contribution in [2.45, 2.75) is 57.8 Å². The lowest BCUT2D eigenvalue weighted by atomic mass is 9.79. The van der Waals surface area contributed by atoms with Crippen LogP contribution in [-0.4, -0.2) is 16.7 Å².